The molecule has 0 saturated heterocycles. The van der Waals surface area contributed by atoms with Crippen LogP contribution in [0.1, 0.15) is 20.8 Å². The third-order valence-corrected chi connectivity index (χ3v) is 0.986. The minimum absolute atomic E-state index is 0.255. The summed E-state index contributed by atoms with van der Waals surface area (Å²) >= 11 is 0. The molecular formula is C6H12O. The summed E-state index contributed by atoms with van der Waals surface area (Å²) in [6, 6.07) is 0. The van der Waals surface area contributed by atoms with Gasteiger partial charge in [0.05, 0.1) is 6.10 Å². The van der Waals surface area contributed by atoms with Gasteiger partial charge in [0.2, 0.25) is 0 Å². The lowest BCUT2D eigenvalue weighted by molar-refractivity contribution is 0.0770. The molecule has 0 aliphatic heterocycles. The molecule has 0 heterocycles. The van der Waals surface area contributed by atoms with E-state index < -0.39 is 6.10 Å². The highest BCUT2D eigenvalue weighted by molar-refractivity contribution is 4.71. The third-order valence-electron chi connectivity index (χ3n) is 0.986. The fraction of sp³-hybridized carbons (Fsp3) is 0.833. The standard InChI is InChI=1S/C6H12O/c1-4-6(7)5(2)3/h4-6H,1-3H3. The Kier molecular flexibility index (Phi) is 3.01. The first-order chi connectivity index (χ1) is 3.18. The van der Waals surface area contributed by atoms with Crippen molar-refractivity contribution >= 4 is 0 Å². The maximum atomic E-state index is 10.5. The number of rotatable bonds is 2. The van der Waals surface area contributed by atoms with E-state index in [2.05, 4.69) is 0 Å². The molecule has 42 valence electrons. The maximum Gasteiger partial charge on any atom is 0.0981 e. The Hall–Kier alpha value is -0.0400. The molecule has 0 aromatic rings. The fourth-order valence-corrected chi connectivity index (χ4v) is 0.385. The molecule has 1 nitrogen and oxygen atoms in total. The average Bonchev–Trinajstić information content (AvgIpc) is 1.65. The molecule has 1 unspecified atom stereocenters. The van der Waals surface area contributed by atoms with Gasteiger partial charge in [0.1, 0.15) is 0 Å². The van der Waals surface area contributed by atoms with E-state index in [1.807, 2.05) is 13.8 Å². The third kappa shape index (κ3) is 2.63. The molecule has 0 aliphatic carbocycles. The summed E-state index contributed by atoms with van der Waals surface area (Å²) in [7, 11) is 0. The predicted molar refractivity (Wildman–Crippen MR) is 29.3 cm³/mol. The van der Waals surface area contributed by atoms with Gasteiger partial charge in [-0.2, -0.15) is 0 Å². The van der Waals surface area contributed by atoms with Crippen molar-refractivity contribution in [2.45, 2.75) is 26.9 Å². The van der Waals surface area contributed by atoms with Crippen LogP contribution in [-0.2, 0) is 5.11 Å². The topological polar surface area (TPSA) is 19.9 Å². The van der Waals surface area contributed by atoms with Gasteiger partial charge in [-0.05, 0) is 12.3 Å². The molecule has 0 aliphatic rings. The van der Waals surface area contributed by atoms with Gasteiger partial charge in [-0.3, -0.25) is 0 Å². The van der Waals surface area contributed by atoms with Crippen LogP contribution in [0.2, 0.25) is 0 Å². The Morgan fingerprint density at radius 2 is 1.86 bits per heavy atom. The Bertz CT molecular complexity index is 41.4. The van der Waals surface area contributed by atoms with E-state index in [-0.39, 0.29) is 5.92 Å². The van der Waals surface area contributed by atoms with Gasteiger partial charge >= 0.3 is 0 Å². The van der Waals surface area contributed by atoms with Gasteiger partial charge in [-0.15, -0.1) is 0 Å². The first-order valence-corrected chi connectivity index (χ1v) is 2.63. The second-order valence-corrected chi connectivity index (χ2v) is 2.04. The minimum Gasteiger partial charge on any atom is -0.233 e. The van der Waals surface area contributed by atoms with E-state index in [9.17, 15) is 5.11 Å². The van der Waals surface area contributed by atoms with E-state index in [4.69, 9.17) is 0 Å². The zero-order valence-electron chi connectivity index (χ0n) is 5.14. The van der Waals surface area contributed by atoms with Crippen LogP contribution in [0.5, 0.6) is 0 Å². The molecule has 0 rings (SSSR count). The molecule has 0 aromatic carbocycles. The van der Waals surface area contributed by atoms with Crippen LogP contribution in [0.25, 0.3) is 0 Å². The van der Waals surface area contributed by atoms with Crippen LogP contribution in [0, 0.1) is 12.3 Å². The van der Waals surface area contributed by atoms with Crippen molar-refractivity contribution in [3.05, 3.63) is 6.42 Å². The van der Waals surface area contributed by atoms with Gasteiger partial charge in [0, 0.05) is 0 Å². The summed E-state index contributed by atoms with van der Waals surface area (Å²) in [5.74, 6) is 0.255. The zero-order valence-corrected chi connectivity index (χ0v) is 5.14. The lowest BCUT2D eigenvalue weighted by atomic mass is 10.1. The van der Waals surface area contributed by atoms with Crippen molar-refractivity contribution in [3.8, 4) is 0 Å². The lowest BCUT2D eigenvalue weighted by Gasteiger charge is -2.06. The van der Waals surface area contributed by atoms with Gasteiger partial charge in [0.25, 0.3) is 0 Å². The zero-order chi connectivity index (χ0) is 5.86. The van der Waals surface area contributed by atoms with E-state index in [1.165, 1.54) is 0 Å². The van der Waals surface area contributed by atoms with Gasteiger partial charge in [-0.25, -0.2) is 5.11 Å². The lowest BCUT2D eigenvalue weighted by Crippen LogP contribution is -2.10. The Morgan fingerprint density at radius 1 is 1.43 bits per heavy atom. The van der Waals surface area contributed by atoms with E-state index in [0.717, 1.165) is 0 Å². The van der Waals surface area contributed by atoms with E-state index in [1.54, 1.807) is 13.3 Å². The van der Waals surface area contributed by atoms with Crippen molar-refractivity contribution < 1.29 is 5.11 Å². The van der Waals surface area contributed by atoms with E-state index >= 15 is 0 Å². The highest BCUT2D eigenvalue weighted by Crippen LogP contribution is 2.02. The Morgan fingerprint density at radius 3 is 1.86 bits per heavy atom. The molecule has 0 N–H and O–H groups in total. The van der Waals surface area contributed by atoms with Crippen LogP contribution < -0.4 is 0 Å². The van der Waals surface area contributed by atoms with Gasteiger partial charge < -0.3 is 0 Å². The van der Waals surface area contributed by atoms with E-state index in [0.29, 0.717) is 0 Å². The first kappa shape index (κ1) is 6.96. The van der Waals surface area contributed by atoms with Crippen LogP contribution in [0.4, 0.5) is 0 Å². The molecular weight excluding hydrogens is 88.1 g/mol. The minimum atomic E-state index is -0.472. The van der Waals surface area contributed by atoms with Crippen molar-refractivity contribution in [2.75, 3.05) is 0 Å². The Labute approximate surface area is 45.4 Å². The van der Waals surface area contributed by atoms with Crippen LogP contribution in [0.3, 0.4) is 0 Å². The summed E-state index contributed by atoms with van der Waals surface area (Å²) in [5.41, 5.74) is 0. The Balaban J connectivity index is 3.14. The largest absolute Gasteiger partial charge is 0.233 e. The molecule has 2 radical (unpaired) electrons. The number of hydrogen-bond acceptors (Lipinski definition) is 0. The molecule has 0 bridgehead atoms. The smallest absolute Gasteiger partial charge is 0.0981 e. The summed E-state index contributed by atoms with van der Waals surface area (Å²) in [6.07, 6.45) is 1.21. The van der Waals surface area contributed by atoms with Crippen molar-refractivity contribution in [2.24, 2.45) is 5.92 Å². The summed E-state index contributed by atoms with van der Waals surface area (Å²) < 4.78 is 0. The van der Waals surface area contributed by atoms with Crippen molar-refractivity contribution in [1.29, 1.82) is 0 Å². The normalized spacial score (nSPS) is 15.0. The fourth-order valence-electron chi connectivity index (χ4n) is 0.385. The SMILES string of the molecule is C[CH]C([O])C(C)C. The number of hydrogen-bond donors (Lipinski definition) is 0. The summed E-state index contributed by atoms with van der Waals surface area (Å²) in [4.78, 5) is 0. The predicted octanol–water partition coefficient (Wildman–Crippen LogP) is 1.67. The molecule has 0 fully saturated rings. The van der Waals surface area contributed by atoms with Crippen molar-refractivity contribution in [1.82, 2.24) is 0 Å². The molecule has 0 amide bonds. The monoisotopic (exact) mass is 100 g/mol. The second kappa shape index (κ2) is 3.03. The first-order valence-electron chi connectivity index (χ1n) is 2.63. The van der Waals surface area contributed by atoms with Gasteiger partial charge in [0.15, 0.2) is 0 Å². The highest BCUT2D eigenvalue weighted by Gasteiger charge is 2.06. The van der Waals surface area contributed by atoms with Crippen LogP contribution in [0.15, 0.2) is 0 Å². The molecule has 0 spiro atoms. The molecule has 0 saturated carbocycles. The molecule has 1 atom stereocenters. The molecule has 0 aromatic heterocycles. The van der Waals surface area contributed by atoms with Crippen LogP contribution in [-0.4, -0.2) is 6.10 Å². The second-order valence-electron chi connectivity index (χ2n) is 2.04. The highest BCUT2D eigenvalue weighted by atomic mass is 16.3. The maximum absolute atomic E-state index is 10.5. The quantitative estimate of drug-likeness (QED) is 0.503. The summed E-state index contributed by atoms with van der Waals surface area (Å²) in [6.45, 7) is 5.66. The average molecular weight is 100 g/mol. The summed E-state index contributed by atoms with van der Waals surface area (Å²) in [5, 5.41) is 10.5. The van der Waals surface area contributed by atoms with Crippen molar-refractivity contribution in [3.63, 3.8) is 0 Å². The van der Waals surface area contributed by atoms with Gasteiger partial charge in [-0.1, -0.05) is 20.8 Å². The van der Waals surface area contributed by atoms with Crippen LogP contribution >= 0.6 is 0 Å². The molecule has 7 heavy (non-hydrogen) atoms. The molecule has 1 heteroatoms.